The third kappa shape index (κ3) is 7.23. The zero-order valence-corrected chi connectivity index (χ0v) is 24.3. The molecule has 198 valence electrons. The molecule has 0 aromatic heterocycles. The number of nitrogens with one attached hydrogen (secondary N) is 2. The normalized spacial score (nSPS) is 11.3. The summed E-state index contributed by atoms with van der Waals surface area (Å²) in [7, 11) is 1.43. The van der Waals surface area contributed by atoms with Crippen molar-refractivity contribution in [3.63, 3.8) is 0 Å². The Kier molecular flexibility index (Phi) is 10.5. The number of amides is 2. The van der Waals surface area contributed by atoms with Gasteiger partial charge in [0.05, 0.1) is 17.8 Å². The highest BCUT2D eigenvalue weighted by atomic mass is 79.9. The van der Waals surface area contributed by atoms with Gasteiger partial charge in [-0.05, 0) is 87.7 Å². The number of ether oxygens (including phenoxy) is 1. The summed E-state index contributed by atoms with van der Waals surface area (Å²) in [6.45, 7) is 5.93. The molecule has 8 nitrogen and oxygen atoms in total. The van der Waals surface area contributed by atoms with Gasteiger partial charge in [0.25, 0.3) is 11.8 Å². The summed E-state index contributed by atoms with van der Waals surface area (Å²) in [5, 5.41) is 16.8. The first-order valence-electron chi connectivity index (χ1n) is 11.8. The molecular weight excluding hydrogens is 616 g/mol. The van der Waals surface area contributed by atoms with E-state index < -0.39 is 11.8 Å². The molecule has 0 atom stereocenters. The molecule has 0 saturated carbocycles. The molecule has 3 aromatic carbocycles. The number of carbonyl (C=O) groups is 2. The number of anilines is 1. The number of nitrogens with zero attached hydrogens (tertiary/aromatic N) is 2. The lowest BCUT2D eigenvalue weighted by molar-refractivity contribution is -0.117. The van der Waals surface area contributed by atoms with Crippen molar-refractivity contribution in [1.29, 1.82) is 0 Å². The van der Waals surface area contributed by atoms with Gasteiger partial charge in [-0.2, -0.15) is 5.10 Å². The molecule has 0 spiro atoms. The van der Waals surface area contributed by atoms with Gasteiger partial charge in [-0.3, -0.25) is 9.59 Å². The Morgan fingerprint density at radius 2 is 1.68 bits per heavy atom. The molecule has 0 aliphatic rings. The maximum atomic E-state index is 13.1. The number of hydrogen-bond donors (Lipinski definition) is 3. The Hall–Kier alpha value is -3.63. The van der Waals surface area contributed by atoms with Gasteiger partial charge in [-0.15, -0.1) is 0 Å². The fourth-order valence-electron chi connectivity index (χ4n) is 3.56. The molecule has 3 N–H and O–H groups in total. The standard InChI is InChI=1S/C28H28Br2N4O4/c1-4-34(5-2)21-13-11-18(12-14-21)15-22(32-27(36)19-9-7-6-8-10-19)28(37)33-31-17-20-16-23(38-3)26(35)25(30)24(20)29/h6-17,35H,4-5H2,1-3H3,(H,32,36)(H,33,37)/b22-15+,31-17+. The minimum atomic E-state index is -0.612. The second kappa shape index (κ2) is 13.8. The van der Waals surface area contributed by atoms with Crippen LogP contribution >= 0.6 is 31.9 Å². The van der Waals surface area contributed by atoms with Crippen LogP contribution in [-0.2, 0) is 4.79 Å². The number of benzene rings is 3. The van der Waals surface area contributed by atoms with Crippen molar-refractivity contribution in [3.8, 4) is 11.5 Å². The van der Waals surface area contributed by atoms with E-state index >= 15 is 0 Å². The van der Waals surface area contributed by atoms with Gasteiger partial charge >= 0.3 is 0 Å². The van der Waals surface area contributed by atoms with E-state index in [0.29, 0.717) is 20.1 Å². The summed E-state index contributed by atoms with van der Waals surface area (Å²) in [5.74, 6) is -0.872. The average Bonchev–Trinajstić information content (AvgIpc) is 2.94. The highest BCUT2D eigenvalue weighted by Gasteiger charge is 2.16. The van der Waals surface area contributed by atoms with Crippen molar-refractivity contribution in [2.75, 3.05) is 25.1 Å². The van der Waals surface area contributed by atoms with Crippen LogP contribution in [0.5, 0.6) is 11.5 Å². The summed E-state index contributed by atoms with van der Waals surface area (Å²) in [6.07, 6.45) is 2.98. The number of hydrazone groups is 1. The summed E-state index contributed by atoms with van der Waals surface area (Å²) in [6, 6.07) is 17.9. The number of phenolic OH excluding ortho intramolecular Hbond substituents is 1. The number of phenols is 1. The predicted octanol–water partition coefficient (Wildman–Crippen LogP) is 5.69. The maximum Gasteiger partial charge on any atom is 0.287 e. The first-order valence-corrected chi connectivity index (χ1v) is 13.4. The molecule has 10 heteroatoms. The van der Waals surface area contributed by atoms with E-state index in [-0.39, 0.29) is 17.2 Å². The van der Waals surface area contributed by atoms with E-state index in [2.05, 4.69) is 66.5 Å². The quantitative estimate of drug-likeness (QED) is 0.150. The van der Waals surface area contributed by atoms with Crippen LogP contribution in [0.3, 0.4) is 0 Å². The van der Waals surface area contributed by atoms with Gasteiger partial charge in [0, 0.05) is 34.4 Å². The Labute approximate surface area is 238 Å². The van der Waals surface area contributed by atoms with E-state index in [4.69, 9.17) is 4.74 Å². The highest BCUT2D eigenvalue weighted by molar-refractivity contribution is 9.13. The van der Waals surface area contributed by atoms with Crippen molar-refractivity contribution in [3.05, 3.63) is 92.0 Å². The number of methoxy groups -OCH3 is 1. The van der Waals surface area contributed by atoms with Crippen LogP contribution in [0.2, 0.25) is 0 Å². The smallest absolute Gasteiger partial charge is 0.287 e. The van der Waals surface area contributed by atoms with Crippen LogP contribution in [0.4, 0.5) is 5.69 Å². The highest BCUT2D eigenvalue weighted by Crippen LogP contribution is 2.41. The minimum Gasteiger partial charge on any atom is -0.503 e. The number of aromatic hydroxyl groups is 1. The van der Waals surface area contributed by atoms with Gasteiger partial charge < -0.3 is 20.1 Å². The molecule has 0 aliphatic heterocycles. The van der Waals surface area contributed by atoms with Gasteiger partial charge in [-0.25, -0.2) is 5.43 Å². The Morgan fingerprint density at radius 1 is 1.03 bits per heavy atom. The predicted molar refractivity (Wildman–Crippen MR) is 158 cm³/mol. The molecule has 0 fully saturated rings. The molecule has 0 bridgehead atoms. The number of carbonyl (C=O) groups excluding carboxylic acids is 2. The molecule has 0 unspecified atom stereocenters. The van der Waals surface area contributed by atoms with Gasteiger partial charge in [-0.1, -0.05) is 30.3 Å². The lowest BCUT2D eigenvalue weighted by Crippen LogP contribution is -2.32. The van der Waals surface area contributed by atoms with E-state index in [1.165, 1.54) is 13.3 Å². The lowest BCUT2D eigenvalue weighted by Gasteiger charge is -2.21. The summed E-state index contributed by atoms with van der Waals surface area (Å²) >= 11 is 6.67. The van der Waals surface area contributed by atoms with Crippen molar-refractivity contribution >= 4 is 61.7 Å². The van der Waals surface area contributed by atoms with Crippen LogP contribution in [0.25, 0.3) is 6.08 Å². The van der Waals surface area contributed by atoms with E-state index in [9.17, 15) is 14.7 Å². The van der Waals surface area contributed by atoms with Crippen LogP contribution in [0.15, 0.2) is 80.4 Å². The molecule has 3 rings (SSSR count). The zero-order chi connectivity index (χ0) is 27.7. The molecule has 0 saturated heterocycles. The first kappa shape index (κ1) is 28.9. The van der Waals surface area contributed by atoms with Crippen molar-refractivity contribution < 1.29 is 19.4 Å². The van der Waals surface area contributed by atoms with Crippen LogP contribution in [-0.4, -0.2) is 43.3 Å². The Morgan fingerprint density at radius 3 is 2.29 bits per heavy atom. The van der Waals surface area contributed by atoms with E-state index in [0.717, 1.165) is 24.3 Å². The largest absolute Gasteiger partial charge is 0.503 e. The number of halogens is 2. The van der Waals surface area contributed by atoms with Crippen molar-refractivity contribution in [2.24, 2.45) is 5.10 Å². The molecule has 2 amide bonds. The second-order valence-electron chi connectivity index (χ2n) is 7.99. The van der Waals surface area contributed by atoms with Gasteiger partial charge in [0.15, 0.2) is 11.5 Å². The van der Waals surface area contributed by atoms with Gasteiger partial charge in [0.2, 0.25) is 0 Å². The summed E-state index contributed by atoms with van der Waals surface area (Å²) < 4.78 is 6.07. The van der Waals surface area contributed by atoms with Crippen LogP contribution < -0.4 is 20.4 Å². The Bertz CT molecular complexity index is 1340. The first-order chi connectivity index (χ1) is 18.3. The van der Waals surface area contributed by atoms with E-state index in [1.807, 2.05) is 24.3 Å². The minimum absolute atomic E-state index is 0.0233. The molecule has 38 heavy (non-hydrogen) atoms. The fraction of sp³-hybridized carbons (Fsp3) is 0.179. The molecule has 0 heterocycles. The van der Waals surface area contributed by atoms with Crippen LogP contribution in [0.1, 0.15) is 35.3 Å². The zero-order valence-electron chi connectivity index (χ0n) is 21.2. The van der Waals surface area contributed by atoms with Crippen molar-refractivity contribution in [1.82, 2.24) is 10.7 Å². The third-order valence-corrected chi connectivity index (χ3v) is 7.78. The SMILES string of the molecule is CCN(CC)c1ccc(/C=C(/NC(=O)c2ccccc2)C(=O)N/N=C/c2cc(OC)c(O)c(Br)c2Br)cc1. The molecular formula is C28H28Br2N4O4. The molecule has 0 aliphatic carbocycles. The Balaban J connectivity index is 1.87. The molecule has 0 radical (unpaired) electrons. The average molecular weight is 644 g/mol. The topological polar surface area (TPSA) is 103 Å². The van der Waals surface area contributed by atoms with Crippen LogP contribution in [0, 0.1) is 0 Å². The number of hydrogen-bond acceptors (Lipinski definition) is 6. The third-order valence-electron chi connectivity index (χ3n) is 5.63. The molecule has 3 aromatic rings. The van der Waals surface area contributed by atoms with Crippen molar-refractivity contribution in [2.45, 2.75) is 13.8 Å². The summed E-state index contributed by atoms with van der Waals surface area (Å²) in [4.78, 5) is 28.1. The number of rotatable bonds is 10. The second-order valence-corrected chi connectivity index (χ2v) is 9.57. The lowest BCUT2D eigenvalue weighted by atomic mass is 10.1. The van der Waals surface area contributed by atoms with E-state index in [1.54, 1.807) is 42.5 Å². The fourth-order valence-corrected chi connectivity index (χ4v) is 4.39. The van der Waals surface area contributed by atoms with Gasteiger partial charge in [0.1, 0.15) is 5.70 Å². The summed E-state index contributed by atoms with van der Waals surface area (Å²) in [5.41, 5.74) is 5.23. The maximum absolute atomic E-state index is 13.1. The monoisotopic (exact) mass is 642 g/mol.